The third-order valence-corrected chi connectivity index (χ3v) is 2.57. The van der Waals surface area contributed by atoms with Crippen LogP contribution < -0.4 is 0 Å². The van der Waals surface area contributed by atoms with Gasteiger partial charge in [-0.05, 0) is 36.5 Å². The summed E-state index contributed by atoms with van der Waals surface area (Å²) in [4.78, 5) is 10.6. The minimum absolute atomic E-state index is 0.0261. The number of benzene rings is 1. The van der Waals surface area contributed by atoms with E-state index in [9.17, 15) is 9.18 Å². The van der Waals surface area contributed by atoms with Gasteiger partial charge in [0.25, 0.3) is 0 Å². The van der Waals surface area contributed by atoms with Crippen LogP contribution in [0.2, 0.25) is 0 Å². The third-order valence-electron chi connectivity index (χ3n) is 2.57. The maximum absolute atomic E-state index is 13.0. The highest BCUT2D eigenvalue weighted by atomic mass is 19.1. The largest absolute Gasteiger partial charge is 0.481 e. The Hall–Kier alpha value is -1.38. The fourth-order valence-corrected chi connectivity index (χ4v) is 1.63. The molecule has 0 aliphatic rings. The summed E-state index contributed by atoms with van der Waals surface area (Å²) in [5, 5.41) is 8.73. The van der Waals surface area contributed by atoms with Crippen LogP contribution in [0.3, 0.4) is 0 Å². The molecular formula is C12H15FO2. The Kier molecular flexibility index (Phi) is 3.83. The first-order chi connectivity index (χ1) is 7.04. The molecule has 0 saturated heterocycles. The van der Waals surface area contributed by atoms with Crippen molar-refractivity contribution in [2.24, 2.45) is 0 Å². The highest BCUT2D eigenvalue weighted by Gasteiger charge is 2.14. The van der Waals surface area contributed by atoms with Gasteiger partial charge >= 0.3 is 5.97 Å². The lowest BCUT2D eigenvalue weighted by molar-refractivity contribution is -0.137. The number of carbonyl (C=O) groups is 1. The summed E-state index contributed by atoms with van der Waals surface area (Å²) in [6.07, 6.45) is 0.846. The van der Waals surface area contributed by atoms with Gasteiger partial charge in [0.15, 0.2) is 0 Å². The molecule has 0 saturated carbocycles. The second kappa shape index (κ2) is 4.91. The molecule has 0 bridgehead atoms. The lowest BCUT2D eigenvalue weighted by atomic mass is 9.92. The van der Waals surface area contributed by atoms with Gasteiger partial charge in [0, 0.05) is 0 Å². The molecule has 1 aromatic rings. The van der Waals surface area contributed by atoms with Gasteiger partial charge in [-0.15, -0.1) is 0 Å². The zero-order valence-electron chi connectivity index (χ0n) is 8.96. The Balaban J connectivity index is 2.92. The molecular weight excluding hydrogens is 195 g/mol. The normalized spacial score (nSPS) is 12.5. The van der Waals surface area contributed by atoms with E-state index in [1.807, 2.05) is 6.92 Å². The minimum Gasteiger partial charge on any atom is -0.481 e. The third kappa shape index (κ3) is 3.05. The van der Waals surface area contributed by atoms with Crippen LogP contribution in [0, 0.1) is 12.7 Å². The summed E-state index contributed by atoms with van der Waals surface area (Å²) in [5.41, 5.74) is 1.47. The number of aliphatic carboxylic acids is 1. The minimum atomic E-state index is -0.816. The number of rotatable bonds is 4. The quantitative estimate of drug-likeness (QED) is 0.829. The number of aryl methyl sites for hydroxylation is 1. The lowest BCUT2D eigenvalue weighted by Gasteiger charge is -2.13. The summed E-state index contributed by atoms with van der Waals surface area (Å²) in [7, 11) is 0. The van der Waals surface area contributed by atoms with Crippen molar-refractivity contribution in [1.82, 2.24) is 0 Å². The van der Waals surface area contributed by atoms with Gasteiger partial charge < -0.3 is 5.11 Å². The molecule has 0 heterocycles. The van der Waals surface area contributed by atoms with Crippen molar-refractivity contribution in [2.75, 3.05) is 0 Å². The molecule has 0 aliphatic heterocycles. The van der Waals surface area contributed by atoms with E-state index in [1.54, 1.807) is 19.1 Å². The lowest BCUT2D eigenvalue weighted by Crippen LogP contribution is -2.05. The van der Waals surface area contributed by atoms with E-state index >= 15 is 0 Å². The monoisotopic (exact) mass is 210 g/mol. The Morgan fingerprint density at radius 2 is 2.20 bits per heavy atom. The molecule has 1 atom stereocenters. The maximum atomic E-state index is 13.0. The van der Waals surface area contributed by atoms with Crippen LogP contribution in [-0.2, 0) is 4.79 Å². The van der Waals surface area contributed by atoms with E-state index in [2.05, 4.69) is 0 Å². The highest BCUT2D eigenvalue weighted by molar-refractivity contribution is 5.68. The zero-order chi connectivity index (χ0) is 11.4. The number of hydrogen-bond acceptors (Lipinski definition) is 1. The summed E-state index contributed by atoms with van der Waals surface area (Å²) < 4.78 is 13.0. The van der Waals surface area contributed by atoms with Crippen molar-refractivity contribution in [3.8, 4) is 0 Å². The van der Waals surface area contributed by atoms with Crippen molar-refractivity contribution < 1.29 is 14.3 Å². The molecule has 3 heteroatoms. The molecule has 0 aliphatic carbocycles. The molecule has 0 radical (unpaired) electrons. The number of halogens is 1. The Bertz CT molecular complexity index is 361. The Labute approximate surface area is 88.7 Å². The van der Waals surface area contributed by atoms with Crippen molar-refractivity contribution in [1.29, 1.82) is 0 Å². The van der Waals surface area contributed by atoms with Crippen molar-refractivity contribution in [3.63, 3.8) is 0 Å². The van der Waals surface area contributed by atoms with Crippen LogP contribution in [0.5, 0.6) is 0 Å². The second-order valence-electron chi connectivity index (χ2n) is 3.71. The van der Waals surface area contributed by atoms with Crippen molar-refractivity contribution in [2.45, 2.75) is 32.6 Å². The van der Waals surface area contributed by atoms with E-state index < -0.39 is 5.97 Å². The van der Waals surface area contributed by atoms with Gasteiger partial charge in [0.2, 0.25) is 0 Å². The van der Waals surface area contributed by atoms with Crippen molar-refractivity contribution in [3.05, 3.63) is 35.1 Å². The van der Waals surface area contributed by atoms with Gasteiger partial charge in [-0.2, -0.15) is 0 Å². The van der Waals surface area contributed by atoms with E-state index in [-0.39, 0.29) is 18.2 Å². The van der Waals surface area contributed by atoms with Crippen LogP contribution in [0.4, 0.5) is 4.39 Å². The standard InChI is InChI=1S/C12H15FO2/c1-3-9(7-12(14)15)10-4-5-11(13)8(2)6-10/h4-6,9H,3,7H2,1-2H3,(H,14,15). The maximum Gasteiger partial charge on any atom is 0.303 e. The van der Waals surface area contributed by atoms with Gasteiger partial charge in [0.1, 0.15) is 5.82 Å². The average molecular weight is 210 g/mol. The van der Waals surface area contributed by atoms with Crippen LogP contribution in [0.15, 0.2) is 18.2 Å². The van der Waals surface area contributed by atoms with E-state index in [0.29, 0.717) is 5.56 Å². The second-order valence-corrected chi connectivity index (χ2v) is 3.71. The Morgan fingerprint density at radius 1 is 1.53 bits per heavy atom. The number of carboxylic acid groups (broad SMARTS) is 1. The van der Waals surface area contributed by atoms with Crippen molar-refractivity contribution >= 4 is 5.97 Å². The van der Waals surface area contributed by atoms with E-state index in [4.69, 9.17) is 5.11 Å². The molecule has 1 unspecified atom stereocenters. The number of carboxylic acids is 1. The van der Waals surface area contributed by atoms with Crippen LogP contribution >= 0.6 is 0 Å². The first-order valence-electron chi connectivity index (χ1n) is 5.02. The molecule has 15 heavy (non-hydrogen) atoms. The summed E-state index contributed by atoms with van der Waals surface area (Å²) in [6.45, 7) is 3.62. The first kappa shape index (κ1) is 11.7. The van der Waals surface area contributed by atoms with Gasteiger partial charge in [-0.1, -0.05) is 19.1 Å². The molecule has 1 N–H and O–H groups in total. The first-order valence-corrected chi connectivity index (χ1v) is 5.02. The molecule has 0 spiro atoms. The topological polar surface area (TPSA) is 37.3 Å². The molecule has 1 rings (SSSR count). The fraction of sp³-hybridized carbons (Fsp3) is 0.417. The van der Waals surface area contributed by atoms with Crippen LogP contribution in [-0.4, -0.2) is 11.1 Å². The van der Waals surface area contributed by atoms with Gasteiger partial charge in [-0.25, -0.2) is 4.39 Å². The highest BCUT2D eigenvalue weighted by Crippen LogP contribution is 2.24. The van der Waals surface area contributed by atoms with E-state index in [0.717, 1.165) is 12.0 Å². The molecule has 82 valence electrons. The number of hydrogen-bond donors (Lipinski definition) is 1. The zero-order valence-corrected chi connectivity index (χ0v) is 8.96. The van der Waals surface area contributed by atoms with Gasteiger partial charge in [0.05, 0.1) is 6.42 Å². The summed E-state index contributed by atoms with van der Waals surface area (Å²) in [5.74, 6) is -1.09. The molecule has 0 amide bonds. The molecule has 1 aromatic carbocycles. The summed E-state index contributed by atoms with van der Waals surface area (Å²) in [6, 6.07) is 4.79. The fourth-order valence-electron chi connectivity index (χ4n) is 1.63. The summed E-state index contributed by atoms with van der Waals surface area (Å²) >= 11 is 0. The predicted octanol–water partition coefficient (Wildman–Crippen LogP) is 3.10. The van der Waals surface area contributed by atoms with E-state index in [1.165, 1.54) is 6.07 Å². The predicted molar refractivity (Wildman–Crippen MR) is 56.4 cm³/mol. The van der Waals surface area contributed by atoms with Crippen LogP contribution in [0.1, 0.15) is 36.8 Å². The Morgan fingerprint density at radius 3 is 2.67 bits per heavy atom. The van der Waals surface area contributed by atoms with Crippen LogP contribution in [0.25, 0.3) is 0 Å². The molecule has 0 fully saturated rings. The average Bonchev–Trinajstić information content (AvgIpc) is 2.18. The smallest absolute Gasteiger partial charge is 0.303 e. The van der Waals surface area contributed by atoms with Gasteiger partial charge in [-0.3, -0.25) is 4.79 Å². The SMILES string of the molecule is CCC(CC(=O)O)c1ccc(F)c(C)c1. The molecule has 2 nitrogen and oxygen atoms in total. The molecule has 0 aromatic heterocycles.